The number of imide groups is 1. The largest absolute Gasteiger partial charge is 0.480 e. The predicted molar refractivity (Wildman–Crippen MR) is 149 cm³/mol. The van der Waals surface area contributed by atoms with Crippen LogP contribution in [0.2, 0.25) is 0 Å². The van der Waals surface area contributed by atoms with E-state index in [-0.39, 0.29) is 18.9 Å². The highest BCUT2D eigenvalue weighted by Crippen LogP contribution is 2.51. The molecule has 4 N–H and O–H groups in total. The number of aromatic nitrogens is 1. The van der Waals surface area contributed by atoms with E-state index in [1.54, 1.807) is 6.20 Å². The van der Waals surface area contributed by atoms with Crippen LogP contribution in [0.4, 0.5) is 5.69 Å². The molecule has 0 radical (unpaired) electrons. The highest BCUT2D eigenvalue weighted by Gasteiger charge is 2.68. The summed E-state index contributed by atoms with van der Waals surface area (Å²) in [4.78, 5) is 46.0. The van der Waals surface area contributed by atoms with Crippen LogP contribution in [0.25, 0.3) is 10.9 Å². The number of carbonyl (C=O) groups is 3. The van der Waals surface area contributed by atoms with Crippen molar-refractivity contribution in [3.63, 3.8) is 0 Å². The van der Waals surface area contributed by atoms with Gasteiger partial charge in [0.2, 0.25) is 11.8 Å². The number of likely N-dealkylation sites (tertiary alicyclic amines) is 1. The van der Waals surface area contributed by atoms with Gasteiger partial charge in [-0.15, -0.1) is 11.3 Å². The zero-order chi connectivity index (χ0) is 26.4. The van der Waals surface area contributed by atoms with E-state index >= 15 is 0 Å². The van der Waals surface area contributed by atoms with Crippen LogP contribution in [0, 0.1) is 11.8 Å². The van der Waals surface area contributed by atoms with Crippen molar-refractivity contribution >= 4 is 61.6 Å². The zero-order valence-electron chi connectivity index (χ0n) is 20.2. The van der Waals surface area contributed by atoms with Gasteiger partial charge in [0.15, 0.2) is 0 Å². The molecule has 0 aliphatic carbocycles. The zero-order valence-corrected chi connectivity index (χ0v) is 22.6. The second-order valence-corrected chi connectivity index (χ2v) is 12.2. The Balaban J connectivity index is 1.37. The smallest absolute Gasteiger partial charge is 0.325 e. The number of nitrogens with zero attached hydrogens (tertiary/aromatic N) is 1. The minimum atomic E-state index is -1.65. The number of para-hydroxylation sites is 2. The molecular formula is C28H25BrN4O4S. The third-order valence-electron chi connectivity index (χ3n) is 7.61. The Morgan fingerprint density at radius 2 is 1.82 bits per heavy atom. The van der Waals surface area contributed by atoms with Gasteiger partial charge < -0.3 is 15.4 Å². The number of rotatable bonds is 8. The Kier molecular flexibility index (Phi) is 6.33. The summed E-state index contributed by atoms with van der Waals surface area (Å²) in [5.41, 5.74) is 0.907. The molecule has 0 spiro atoms. The van der Waals surface area contributed by atoms with Gasteiger partial charge in [-0.1, -0.05) is 36.4 Å². The van der Waals surface area contributed by atoms with Crippen LogP contribution in [0.5, 0.6) is 0 Å². The summed E-state index contributed by atoms with van der Waals surface area (Å²) < 4.78 is 0.871. The highest BCUT2D eigenvalue weighted by atomic mass is 79.9. The Bertz CT molecular complexity index is 1540. The Hall–Kier alpha value is -3.47. The van der Waals surface area contributed by atoms with E-state index in [4.69, 9.17) is 0 Å². The first-order valence-electron chi connectivity index (χ1n) is 12.3. The average molecular weight is 594 g/mol. The molecule has 10 heteroatoms. The van der Waals surface area contributed by atoms with Crippen LogP contribution in [-0.2, 0) is 20.8 Å². The number of nitrogens with one attached hydrogen (secondary N) is 3. The molecule has 38 heavy (non-hydrogen) atoms. The number of amides is 2. The van der Waals surface area contributed by atoms with Gasteiger partial charge in [-0.25, -0.2) is 0 Å². The maximum absolute atomic E-state index is 13.9. The van der Waals surface area contributed by atoms with Crippen molar-refractivity contribution in [1.29, 1.82) is 0 Å². The fraction of sp³-hybridized carbons (Fsp3) is 0.250. The Morgan fingerprint density at radius 3 is 2.55 bits per heavy atom. The monoisotopic (exact) mass is 592 g/mol. The molecule has 4 atom stereocenters. The summed E-state index contributed by atoms with van der Waals surface area (Å²) in [5.74, 6) is -3.77. The second-order valence-electron chi connectivity index (χ2n) is 9.70. The van der Waals surface area contributed by atoms with Crippen molar-refractivity contribution in [2.45, 2.75) is 18.0 Å². The fourth-order valence-electron chi connectivity index (χ4n) is 5.90. The number of carboxylic acids is 1. The van der Waals surface area contributed by atoms with Crippen LogP contribution < -0.4 is 10.6 Å². The number of carboxylic acid groups (broad SMARTS) is 1. The third-order valence-corrected chi connectivity index (χ3v) is 9.32. The van der Waals surface area contributed by atoms with E-state index in [0.29, 0.717) is 6.54 Å². The van der Waals surface area contributed by atoms with Gasteiger partial charge in [0.25, 0.3) is 0 Å². The molecule has 0 saturated carbocycles. The van der Waals surface area contributed by atoms with Gasteiger partial charge in [-0.2, -0.15) is 0 Å². The van der Waals surface area contributed by atoms with E-state index < -0.39 is 35.3 Å². The number of aliphatic carboxylic acids is 1. The molecule has 2 saturated heterocycles. The van der Waals surface area contributed by atoms with Gasteiger partial charge in [-0.05, 0) is 51.8 Å². The van der Waals surface area contributed by atoms with Crippen molar-refractivity contribution in [3.05, 3.63) is 87.2 Å². The molecule has 8 nitrogen and oxygen atoms in total. The Morgan fingerprint density at radius 1 is 1.05 bits per heavy atom. The lowest BCUT2D eigenvalue weighted by molar-refractivity contribution is -0.151. The highest BCUT2D eigenvalue weighted by molar-refractivity contribution is 9.11. The minimum Gasteiger partial charge on any atom is -0.480 e. The molecule has 4 heterocycles. The van der Waals surface area contributed by atoms with Crippen molar-refractivity contribution in [3.8, 4) is 0 Å². The molecule has 2 fully saturated rings. The summed E-state index contributed by atoms with van der Waals surface area (Å²) in [5, 5.41) is 18.1. The number of hydrogen-bond acceptors (Lipinski definition) is 6. The second kappa shape index (κ2) is 9.68. The number of hydrogen-bond donors (Lipinski definition) is 4. The van der Waals surface area contributed by atoms with Crippen molar-refractivity contribution in [2.24, 2.45) is 11.8 Å². The molecule has 194 valence electrons. The van der Waals surface area contributed by atoms with Gasteiger partial charge >= 0.3 is 5.97 Å². The van der Waals surface area contributed by atoms with E-state index in [2.05, 4.69) is 31.5 Å². The molecule has 2 amide bonds. The maximum atomic E-state index is 13.9. The molecular weight excluding hydrogens is 568 g/mol. The number of benzene rings is 2. The maximum Gasteiger partial charge on any atom is 0.325 e. The van der Waals surface area contributed by atoms with Gasteiger partial charge in [0.05, 0.1) is 21.7 Å². The molecule has 2 aromatic carbocycles. The summed E-state index contributed by atoms with van der Waals surface area (Å²) >= 11 is 4.92. The number of anilines is 1. The van der Waals surface area contributed by atoms with Crippen molar-refractivity contribution < 1.29 is 19.5 Å². The van der Waals surface area contributed by atoms with E-state index in [0.717, 1.165) is 30.8 Å². The number of carbonyl (C=O) groups excluding carboxylic acids is 2. The van der Waals surface area contributed by atoms with Crippen LogP contribution in [0.15, 0.2) is 76.7 Å². The predicted octanol–water partition coefficient (Wildman–Crippen LogP) is 4.42. The number of aromatic amines is 1. The number of H-pyrrole nitrogens is 1. The number of halogens is 1. The van der Waals surface area contributed by atoms with E-state index in [1.165, 1.54) is 16.2 Å². The summed E-state index contributed by atoms with van der Waals surface area (Å²) in [7, 11) is 0. The average Bonchev–Trinajstić information content (AvgIpc) is 3.67. The fourth-order valence-corrected chi connectivity index (χ4v) is 7.43. The third kappa shape index (κ3) is 4.03. The summed E-state index contributed by atoms with van der Waals surface area (Å²) in [6.45, 7) is 0.523. The summed E-state index contributed by atoms with van der Waals surface area (Å²) in [6, 6.07) is 20.4. The number of fused-ring (bicyclic) bond motifs is 2. The summed E-state index contributed by atoms with van der Waals surface area (Å²) in [6.07, 6.45) is 1.86. The lowest BCUT2D eigenvalue weighted by Gasteiger charge is -2.31. The van der Waals surface area contributed by atoms with Crippen LogP contribution >= 0.6 is 27.3 Å². The molecule has 2 aliphatic heterocycles. The van der Waals surface area contributed by atoms with Gasteiger partial charge in [0, 0.05) is 47.2 Å². The molecule has 4 unspecified atom stereocenters. The molecule has 2 aromatic heterocycles. The van der Waals surface area contributed by atoms with Crippen LogP contribution in [-0.4, -0.2) is 51.4 Å². The molecule has 0 bridgehead atoms. The van der Waals surface area contributed by atoms with E-state index in [9.17, 15) is 19.5 Å². The van der Waals surface area contributed by atoms with Gasteiger partial charge in [-0.3, -0.25) is 24.6 Å². The molecule has 4 aromatic rings. The molecule has 2 aliphatic rings. The SMILES string of the molecule is O=C1C2C(c3ccc(Br)s3)NC(Cc3c[nH]c4ccccc34)(C(=O)O)C2C(=O)N1CCNc1ccccc1. The first-order chi connectivity index (χ1) is 18.4. The Labute approximate surface area is 231 Å². The van der Waals surface area contributed by atoms with Gasteiger partial charge in [0.1, 0.15) is 5.54 Å². The van der Waals surface area contributed by atoms with Crippen LogP contribution in [0.1, 0.15) is 16.5 Å². The number of thiophene rings is 1. The topological polar surface area (TPSA) is 115 Å². The molecule has 6 rings (SSSR count). The van der Waals surface area contributed by atoms with Crippen LogP contribution in [0.3, 0.4) is 0 Å². The standard InChI is InChI=1S/C28H25BrN4O4S/c29-21-11-10-20(38-21)24-22-23(26(35)33(25(22)34)13-12-30-17-6-2-1-3-7-17)28(32-24,27(36)37)14-16-15-31-19-9-5-4-8-18(16)19/h1-11,15,22-24,30-32H,12-14H2,(H,36,37). The lowest BCUT2D eigenvalue weighted by atomic mass is 9.76. The first kappa shape index (κ1) is 24.8. The minimum absolute atomic E-state index is 0.0612. The first-order valence-corrected chi connectivity index (χ1v) is 14.0. The lowest BCUT2D eigenvalue weighted by Crippen LogP contribution is -2.57. The van der Waals surface area contributed by atoms with Crippen molar-refractivity contribution in [1.82, 2.24) is 15.2 Å². The normalized spacial score (nSPS) is 24.8. The van der Waals surface area contributed by atoms with Crippen molar-refractivity contribution in [2.75, 3.05) is 18.4 Å². The quantitative estimate of drug-likeness (QED) is 0.225. The van der Waals surface area contributed by atoms with E-state index in [1.807, 2.05) is 66.7 Å².